The van der Waals surface area contributed by atoms with Crippen molar-refractivity contribution in [2.45, 2.75) is 13.0 Å². The van der Waals surface area contributed by atoms with E-state index in [0.717, 1.165) is 5.56 Å². The van der Waals surface area contributed by atoms with Crippen LogP contribution in [-0.4, -0.2) is 20.2 Å². The number of hydrogen-bond donors (Lipinski definition) is 4. The minimum Gasteiger partial charge on any atom is -0.398 e. The van der Waals surface area contributed by atoms with E-state index >= 15 is 0 Å². The first-order chi connectivity index (χ1) is 14.0. The molecule has 29 heavy (non-hydrogen) atoms. The van der Waals surface area contributed by atoms with E-state index in [4.69, 9.17) is 5.73 Å². The highest BCUT2D eigenvalue weighted by atomic mass is 19.1. The number of hydrogen-bond acceptors (Lipinski definition) is 5. The lowest BCUT2D eigenvalue weighted by Gasteiger charge is -2.16. The first-order valence-corrected chi connectivity index (χ1v) is 9.04. The molecule has 4 rings (SSSR count). The molecule has 2 aromatic heterocycles. The second-order valence-corrected chi connectivity index (χ2v) is 6.60. The predicted octanol–water partition coefficient (Wildman–Crippen LogP) is 3.72. The van der Waals surface area contributed by atoms with Gasteiger partial charge in [-0.05, 0) is 42.3 Å². The Bertz CT molecular complexity index is 1200. The van der Waals surface area contributed by atoms with Crippen LogP contribution < -0.4 is 16.6 Å². The van der Waals surface area contributed by atoms with Crippen molar-refractivity contribution < 1.29 is 4.39 Å². The van der Waals surface area contributed by atoms with E-state index in [2.05, 4.69) is 25.5 Å². The van der Waals surface area contributed by atoms with E-state index in [9.17, 15) is 9.18 Å². The molecular formula is C21H19FN6O. The van der Waals surface area contributed by atoms with Crippen LogP contribution in [0.15, 0.2) is 65.6 Å². The fraction of sp³-hybridized carbons (Fsp3) is 0.0952. The Morgan fingerprint density at radius 2 is 1.83 bits per heavy atom. The number of nitrogen functional groups attached to an aromatic ring is 1. The summed E-state index contributed by atoms with van der Waals surface area (Å²) in [6, 6.07) is 14.9. The standard InChI is InChI=1S/C21H19FN6O/c1-12(15-4-2-3-5-16(15)23)25-21-24-11-10-17(26-21)19-18(20(29)28-27-19)13-6-8-14(22)9-7-13/h2-12H,23H2,1H3,(H,24,25,26)(H2,27,28,29)/t12-/m0/s1. The monoisotopic (exact) mass is 390 g/mol. The van der Waals surface area contributed by atoms with Crippen LogP contribution in [0.1, 0.15) is 18.5 Å². The Balaban J connectivity index is 1.67. The zero-order chi connectivity index (χ0) is 20.4. The highest BCUT2D eigenvalue weighted by Crippen LogP contribution is 2.28. The second-order valence-electron chi connectivity index (χ2n) is 6.60. The van der Waals surface area contributed by atoms with Crippen LogP contribution in [-0.2, 0) is 0 Å². The number of para-hydroxylation sites is 1. The van der Waals surface area contributed by atoms with E-state index in [-0.39, 0.29) is 17.4 Å². The number of rotatable bonds is 5. The molecule has 8 heteroatoms. The SMILES string of the molecule is C[C@H](Nc1nccc(-c2[nH][nH]c(=O)c2-c2ccc(F)cc2)n1)c1ccccc1N. The van der Waals surface area contributed by atoms with Crippen molar-refractivity contribution in [1.82, 2.24) is 20.2 Å². The molecule has 0 aliphatic rings. The predicted molar refractivity (Wildman–Crippen MR) is 111 cm³/mol. The molecule has 146 valence electrons. The molecule has 2 heterocycles. The van der Waals surface area contributed by atoms with Crippen LogP contribution in [0.3, 0.4) is 0 Å². The molecule has 0 bridgehead atoms. The number of nitrogens with one attached hydrogen (secondary N) is 3. The lowest BCUT2D eigenvalue weighted by molar-refractivity contribution is 0.628. The summed E-state index contributed by atoms with van der Waals surface area (Å²) >= 11 is 0. The number of benzene rings is 2. The zero-order valence-corrected chi connectivity index (χ0v) is 15.6. The van der Waals surface area contributed by atoms with Crippen molar-refractivity contribution in [3.63, 3.8) is 0 Å². The molecule has 0 spiro atoms. The second kappa shape index (κ2) is 7.59. The van der Waals surface area contributed by atoms with Crippen LogP contribution >= 0.6 is 0 Å². The van der Waals surface area contributed by atoms with Gasteiger partial charge in [-0.25, -0.2) is 14.4 Å². The summed E-state index contributed by atoms with van der Waals surface area (Å²) in [7, 11) is 0. The minimum atomic E-state index is -0.370. The van der Waals surface area contributed by atoms with Crippen LogP contribution in [0.5, 0.6) is 0 Å². The summed E-state index contributed by atoms with van der Waals surface area (Å²) in [5.74, 6) is 0.0234. The van der Waals surface area contributed by atoms with Gasteiger partial charge in [0.15, 0.2) is 0 Å². The fourth-order valence-corrected chi connectivity index (χ4v) is 3.19. The smallest absolute Gasteiger partial charge is 0.272 e. The molecule has 0 aliphatic carbocycles. The van der Waals surface area contributed by atoms with Gasteiger partial charge in [0.25, 0.3) is 5.56 Å². The first kappa shape index (κ1) is 18.4. The van der Waals surface area contributed by atoms with Gasteiger partial charge in [-0.15, -0.1) is 0 Å². The topological polar surface area (TPSA) is 112 Å². The summed E-state index contributed by atoms with van der Waals surface area (Å²) in [4.78, 5) is 21.1. The minimum absolute atomic E-state index is 0.117. The number of anilines is 2. The molecule has 1 atom stereocenters. The summed E-state index contributed by atoms with van der Waals surface area (Å²) in [6.07, 6.45) is 1.60. The van der Waals surface area contributed by atoms with Crippen molar-refractivity contribution in [3.05, 3.63) is 82.5 Å². The quantitative estimate of drug-likeness (QED) is 0.388. The Morgan fingerprint density at radius 1 is 1.07 bits per heavy atom. The van der Waals surface area contributed by atoms with E-state index in [0.29, 0.717) is 34.2 Å². The average Bonchev–Trinajstić information content (AvgIpc) is 3.10. The van der Waals surface area contributed by atoms with Crippen LogP contribution in [0, 0.1) is 5.82 Å². The molecule has 2 aromatic carbocycles. The Hall–Kier alpha value is -3.94. The van der Waals surface area contributed by atoms with Gasteiger partial charge in [0, 0.05) is 11.9 Å². The lowest BCUT2D eigenvalue weighted by Crippen LogP contribution is -2.11. The van der Waals surface area contributed by atoms with Crippen molar-refractivity contribution in [2.24, 2.45) is 0 Å². The Morgan fingerprint density at radius 3 is 2.59 bits per heavy atom. The zero-order valence-electron chi connectivity index (χ0n) is 15.6. The van der Waals surface area contributed by atoms with E-state index in [1.54, 1.807) is 24.4 Å². The van der Waals surface area contributed by atoms with Crippen molar-refractivity contribution in [1.29, 1.82) is 0 Å². The molecule has 0 fully saturated rings. The van der Waals surface area contributed by atoms with Gasteiger partial charge in [-0.1, -0.05) is 30.3 Å². The van der Waals surface area contributed by atoms with Crippen molar-refractivity contribution in [2.75, 3.05) is 11.1 Å². The van der Waals surface area contributed by atoms with Crippen molar-refractivity contribution in [3.8, 4) is 22.5 Å². The normalized spacial score (nSPS) is 11.9. The maximum atomic E-state index is 13.3. The number of halogens is 1. The summed E-state index contributed by atoms with van der Waals surface area (Å²) in [5, 5.41) is 8.65. The summed E-state index contributed by atoms with van der Waals surface area (Å²) in [5.41, 5.74) is 9.33. The third-order valence-electron chi connectivity index (χ3n) is 4.63. The largest absolute Gasteiger partial charge is 0.398 e. The van der Waals surface area contributed by atoms with Crippen LogP contribution in [0.4, 0.5) is 16.0 Å². The van der Waals surface area contributed by atoms with Crippen molar-refractivity contribution >= 4 is 11.6 Å². The number of aromatic nitrogens is 4. The van der Waals surface area contributed by atoms with Crippen LogP contribution in [0.2, 0.25) is 0 Å². The maximum Gasteiger partial charge on any atom is 0.272 e. The van der Waals surface area contributed by atoms with Crippen LogP contribution in [0.25, 0.3) is 22.5 Å². The molecular weight excluding hydrogens is 371 g/mol. The highest BCUT2D eigenvalue weighted by molar-refractivity contribution is 5.78. The van der Waals surface area contributed by atoms with Gasteiger partial charge in [0.05, 0.1) is 23.0 Å². The Kier molecular flexibility index (Phi) is 4.82. The third kappa shape index (κ3) is 3.73. The van der Waals surface area contributed by atoms with Gasteiger partial charge in [-0.3, -0.25) is 15.0 Å². The van der Waals surface area contributed by atoms with Gasteiger partial charge in [-0.2, -0.15) is 0 Å². The molecule has 5 N–H and O–H groups in total. The number of nitrogens with zero attached hydrogens (tertiary/aromatic N) is 2. The molecule has 0 unspecified atom stereocenters. The van der Waals surface area contributed by atoms with Gasteiger partial charge in [0.2, 0.25) is 5.95 Å². The third-order valence-corrected chi connectivity index (χ3v) is 4.63. The van der Waals surface area contributed by atoms with E-state index in [1.807, 2.05) is 31.2 Å². The van der Waals surface area contributed by atoms with Gasteiger partial charge >= 0.3 is 0 Å². The van der Waals surface area contributed by atoms with E-state index in [1.165, 1.54) is 12.1 Å². The molecule has 0 saturated heterocycles. The van der Waals surface area contributed by atoms with Gasteiger partial charge in [0.1, 0.15) is 5.82 Å². The molecule has 0 saturated carbocycles. The molecule has 7 nitrogen and oxygen atoms in total. The van der Waals surface area contributed by atoms with E-state index < -0.39 is 0 Å². The van der Waals surface area contributed by atoms with Gasteiger partial charge < -0.3 is 11.1 Å². The molecule has 4 aromatic rings. The fourth-order valence-electron chi connectivity index (χ4n) is 3.19. The molecule has 0 aliphatic heterocycles. The number of nitrogens with two attached hydrogens (primary N) is 1. The summed E-state index contributed by atoms with van der Waals surface area (Å²) in [6.45, 7) is 1.96. The lowest BCUT2D eigenvalue weighted by atomic mass is 10.0. The highest BCUT2D eigenvalue weighted by Gasteiger charge is 2.17. The number of aromatic amines is 2. The average molecular weight is 390 g/mol. The maximum absolute atomic E-state index is 13.3. The number of H-pyrrole nitrogens is 2. The first-order valence-electron chi connectivity index (χ1n) is 9.04. The Labute approximate surface area is 165 Å². The molecule has 0 radical (unpaired) electrons. The summed E-state index contributed by atoms with van der Waals surface area (Å²) < 4.78 is 13.3. The molecule has 0 amide bonds.